The van der Waals surface area contributed by atoms with Gasteiger partial charge in [0.05, 0.1) is 29.6 Å². The molecule has 0 bridgehead atoms. The summed E-state index contributed by atoms with van der Waals surface area (Å²) in [5.74, 6) is 1.26. The molecule has 4 aromatic rings. The number of nitrogens with two attached hydrogens (primary N) is 1. The molecular formula is C17H13ClN6O. The Balaban J connectivity index is 1.86. The number of rotatable bonds is 3. The predicted molar refractivity (Wildman–Crippen MR) is 95.9 cm³/mol. The summed E-state index contributed by atoms with van der Waals surface area (Å²) in [5.41, 5.74) is 9.05. The van der Waals surface area contributed by atoms with E-state index in [1.54, 1.807) is 30.1 Å². The Hall–Kier alpha value is -3.19. The van der Waals surface area contributed by atoms with Crippen molar-refractivity contribution in [2.75, 3.05) is 12.8 Å². The van der Waals surface area contributed by atoms with Gasteiger partial charge in [0.15, 0.2) is 5.82 Å². The zero-order valence-electron chi connectivity index (χ0n) is 13.2. The molecule has 0 aliphatic heterocycles. The molecule has 2 heterocycles. The second-order valence-corrected chi connectivity index (χ2v) is 5.80. The number of aromatic nitrogens is 5. The largest absolute Gasteiger partial charge is 0.497 e. The fourth-order valence-electron chi connectivity index (χ4n) is 2.62. The third kappa shape index (κ3) is 2.64. The minimum atomic E-state index is 0.506. The summed E-state index contributed by atoms with van der Waals surface area (Å²) in [6.45, 7) is 0. The second-order valence-electron chi connectivity index (χ2n) is 5.36. The van der Waals surface area contributed by atoms with Crippen molar-refractivity contribution >= 4 is 28.2 Å². The minimum Gasteiger partial charge on any atom is -0.497 e. The van der Waals surface area contributed by atoms with Gasteiger partial charge in [-0.2, -0.15) is 4.68 Å². The van der Waals surface area contributed by atoms with Crippen LogP contribution in [0.1, 0.15) is 0 Å². The molecule has 124 valence electrons. The fraction of sp³-hybridized carbons (Fsp3) is 0.0588. The lowest BCUT2D eigenvalue weighted by molar-refractivity contribution is 0.414. The van der Waals surface area contributed by atoms with Gasteiger partial charge in [0.25, 0.3) is 0 Å². The molecule has 0 spiro atoms. The molecule has 0 unspecified atom stereocenters. The van der Waals surface area contributed by atoms with Crippen molar-refractivity contribution in [3.05, 3.63) is 53.7 Å². The average Bonchev–Trinajstić information content (AvgIpc) is 3.11. The highest BCUT2D eigenvalue weighted by Gasteiger charge is 2.16. The van der Waals surface area contributed by atoms with Crippen molar-refractivity contribution in [1.29, 1.82) is 0 Å². The Morgan fingerprint density at radius 1 is 1.12 bits per heavy atom. The van der Waals surface area contributed by atoms with Crippen molar-refractivity contribution in [2.24, 2.45) is 0 Å². The normalized spacial score (nSPS) is 11.0. The van der Waals surface area contributed by atoms with Crippen LogP contribution >= 0.6 is 11.6 Å². The molecule has 0 amide bonds. The van der Waals surface area contributed by atoms with E-state index in [9.17, 15) is 0 Å². The molecule has 0 fully saturated rings. The molecule has 2 aromatic carbocycles. The highest BCUT2D eigenvalue weighted by molar-refractivity contribution is 6.31. The van der Waals surface area contributed by atoms with E-state index in [-0.39, 0.29) is 0 Å². The summed E-state index contributed by atoms with van der Waals surface area (Å²) in [6.07, 6.45) is 1.65. The lowest BCUT2D eigenvalue weighted by atomic mass is 10.1. The van der Waals surface area contributed by atoms with Crippen molar-refractivity contribution in [1.82, 2.24) is 25.2 Å². The first-order valence-corrected chi connectivity index (χ1v) is 7.82. The van der Waals surface area contributed by atoms with Gasteiger partial charge in [-0.05, 0) is 52.9 Å². The van der Waals surface area contributed by atoms with E-state index < -0.39 is 0 Å². The first kappa shape index (κ1) is 15.3. The Kier molecular flexibility index (Phi) is 3.70. The van der Waals surface area contributed by atoms with Crippen LogP contribution in [0.15, 0.2) is 48.7 Å². The third-order valence-electron chi connectivity index (χ3n) is 3.90. The number of nitrogens with zero attached hydrogens (tertiary/aromatic N) is 5. The lowest BCUT2D eigenvalue weighted by Crippen LogP contribution is -2.03. The number of halogens is 1. The molecule has 7 nitrogen and oxygen atoms in total. The zero-order chi connectivity index (χ0) is 17.4. The molecule has 0 atom stereocenters. The molecule has 8 heteroatoms. The van der Waals surface area contributed by atoms with Crippen LogP contribution < -0.4 is 10.5 Å². The van der Waals surface area contributed by atoms with Gasteiger partial charge in [0.2, 0.25) is 0 Å². The van der Waals surface area contributed by atoms with Crippen molar-refractivity contribution < 1.29 is 4.74 Å². The summed E-state index contributed by atoms with van der Waals surface area (Å²) in [4.78, 5) is 4.43. The first-order valence-electron chi connectivity index (χ1n) is 7.44. The van der Waals surface area contributed by atoms with Gasteiger partial charge in [-0.15, -0.1) is 5.10 Å². The molecule has 0 aliphatic carbocycles. The predicted octanol–water partition coefficient (Wildman–Crippen LogP) is 3.12. The van der Waals surface area contributed by atoms with Crippen LogP contribution in [0.25, 0.3) is 28.0 Å². The minimum absolute atomic E-state index is 0.506. The number of anilines is 1. The standard InChI is InChI=1S/C17H13ClN6O/c1-25-12-5-3-11(4-6-12)24-17(21-22-23-24)14-9-20-15-8-10(18)2-7-13(15)16(14)19/h2-9H,1H3,(H2,19,20). The summed E-state index contributed by atoms with van der Waals surface area (Å²) in [5, 5.41) is 13.4. The quantitative estimate of drug-likeness (QED) is 0.609. The van der Waals surface area contributed by atoms with Crippen LogP contribution in [0.2, 0.25) is 5.02 Å². The molecule has 4 rings (SSSR count). The van der Waals surface area contributed by atoms with E-state index in [0.717, 1.165) is 22.3 Å². The van der Waals surface area contributed by atoms with Crippen molar-refractivity contribution in [2.45, 2.75) is 0 Å². The number of nitrogen functional groups attached to an aromatic ring is 1. The highest BCUT2D eigenvalue weighted by atomic mass is 35.5. The van der Waals surface area contributed by atoms with Crippen molar-refractivity contribution in [3.63, 3.8) is 0 Å². The van der Waals surface area contributed by atoms with Gasteiger partial charge in [0.1, 0.15) is 5.75 Å². The van der Waals surface area contributed by atoms with Crippen LogP contribution in [0.4, 0.5) is 5.69 Å². The fourth-order valence-corrected chi connectivity index (χ4v) is 2.79. The molecular weight excluding hydrogens is 340 g/mol. The van der Waals surface area contributed by atoms with E-state index in [1.807, 2.05) is 30.3 Å². The zero-order valence-corrected chi connectivity index (χ0v) is 14.0. The van der Waals surface area contributed by atoms with Crippen LogP contribution in [-0.4, -0.2) is 32.3 Å². The average molecular weight is 353 g/mol. The first-order chi connectivity index (χ1) is 12.2. The maximum Gasteiger partial charge on any atom is 0.190 e. The van der Waals surface area contributed by atoms with Gasteiger partial charge in [-0.3, -0.25) is 4.98 Å². The van der Waals surface area contributed by atoms with Crippen molar-refractivity contribution in [3.8, 4) is 22.8 Å². The van der Waals surface area contributed by atoms with E-state index >= 15 is 0 Å². The number of tetrazole rings is 1. The number of hydrogen-bond acceptors (Lipinski definition) is 6. The molecule has 0 aliphatic rings. The molecule has 2 N–H and O–H groups in total. The van der Waals surface area contributed by atoms with Crippen LogP contribution in [0, 0.1) is 0 Å². The topological polar surface area (TPSA) is 91.7 Å². The monoisotopic (exact) mass is 352 g/mol. The van der Waals surface area contributed by atoms with Gasteiger partial charge in [0, 0.05) is 16.6 Å². The van der Waals surface area contributed by atoms with E-state index in [4.69, 9.17) is 22.1 Å². The molecule has 25 heavy (non-hydrogen) atoms. The van der Waals surface area contributed by atoms with Crippen LogP contribution in [-0.2, 0) is 0 Å². The second kappa shape index (κ2) is 6.03. The Morgan fingerprint density at radius 3 is 2.68 bits per heavy atom. The number of benzene rings is 2. The highest BCUT2D eigenvalue weighted by Crippen LogP contribution is 2.31. The van der Waals surface area contributed by atoms with Gasteiger partial charge in [-0.1, -0.05) is 11.6 Å². The Labute approximate surface area is 148 Å². The number of ether oxygens (including phenoxy) is 1. The van der Waals surface area contributed by atoms with Gasteiger partial charge < -0.3 is 10.5 Å². The Bertz CT molecular complexity index is 1060. The number of hydrogen-bond donors (Lipinski definition) is 1. The summed E-state index contributed by atoms with van der Waals surface area (Å²) >= 11 is 6.01. The maximum absolute atomic E-state index is 6.34. The third-order valence-corrected chi connectivity index (χ3v) is 4.14. The summed E-state index contributed by atoms with van der Waals surface area (Å²) < 4.78 is 6.78. The summed E-state index contributed by atoms with van der Waals surface area (Å²) in [6, 6.07) is 12.8. The number of fused-ring (bicyclic) bond motifs is 1. The van der Waals surface area contributed by atoms with Gasteiger partial charge in [-0.25, -0.2) is 0 Å². The number of pyridine rings is 1. The smallest absolute Gasteiger partial charge is 0.190 e. The van der Waals surface area contributed by atoms with Crippen LogP contribution in [0.5, 0.6) is 5.75 Å². The lowest BCUT2D eigenvalue weighted by Gasteiger charge is -2.09. The molecule has 0 radical (unpaired) electrons. The summed E-state index contributed by atoms with van der Waals surface area (Å²) in [7, 11) is 1.62. The Morgan fingerprint density at radius 2 is 1.92 bits per heavy atom. The van der Waals surface area contributed by atoms with Crippen LogP contribution in [0.3, 0.4) is 0 Å². The molecule has 0 saturated carbocycles. The SMILES string of the molecule is COc1ccc(-n2nnnc2-c2cnc3cc(Cl)ccc3c2N)cc1. The van der Waals surface area contributed by atoms with E-state index in [0.29, 0.717) is 22.1 Å². The van der Waals surface area contributed by atoms with E-state index in [1.165, 1.54) is 0 Å². The molecule has 2 aromatic heterocycles. The number of methoxy groups -OCH3 is 1. The van der Waals surface area contributed by atoms with Gasteiger partial charge >= 0.3 is 0 Å². The maximum atomic E-state index is 6.34. The molecule has 0 saturated heterocycles. The van der Waals surface area contributed by atoms with E-state index in [2.05, 4.69) is 20.5 Å².